The molecule has 3 rings (SSSR count). The zero-order chi connectivity index (χ0) is 24.9. The van der Waals surface area contributed by atoms with E-state index in [1.165, 1.54) is 0 Å². The quantitative estimate of drug-likeness (QED) is 0.661. The molecular weight excluding hydrogens is 426 g/mol. The van der Waals surface area contributed by atoms with Crippen molar-refractivity contribution in [3.05, 3.63) is 71.8 Å². The minimum Gasteiger partial charge on any atom is -0.444 e. The molecule has 6 heteroatoms. The zero-order valence-electron chi connectivity index (χ0n) is 21.4. The Labute approximate surface area is 204 Å². The van der Waals surface area contributed by atoms with Crippen LogP contribution in [0.15, 0.2) is 60.7 Å². The SMILES string of the molecule is CC(C)(C)OC(=O)N1CCN([C@@H](c2ccccc2)[C@H](NC(=O)C(C)(C)C)c2ccccc2)CC1. The number of amides is 2. The third kappa shape index (κ3) is 6.83. The van der Waals surface area contributed by atoms with Gasteiger partial charge >= 0.3 is 6.09 Å². The van der Waals surface area contributed by atoms with E-state index in [0.717, 1.165) is 11.1 Å². The number of rotatable bonds is 5. The number of hydrogen-bond acceptors (Lipinski definition) is 4. The summed E-state index contributed by atoms with van der Waals surface area (Å²) in [4.78, 5) is 29.9. The molecule has 0 spiro atoms. The van der Waals surface area contributed by atoms with Gasteiger partial charge in [0.1, 0.15) is 5.60 Å². The molecule has 2 aromatic rings. The largest absolute Gasteiger partial charge is 0.444 e. The van der Waals surface area contributed by atoms with Gasteiger partial charge in [-0.3, -0.25) is 9.69 Å². The highest BCUT2D eigenvalue weighted by Gasteiger charge is 2.36. The minimum absolute atomic E-state index is 0.00896. The van der Waals surface area contributed by atoms with E-state index in [-0.39, 0.29) is 24.1 Å². The molecule has 0 saturated carbocycles. The summed E-state index contributed by atoms with van der Waals surface area (Å²) in [5.41, 5.74) is 1.17. The fourth-order valence-electron chi connectivity index (χ4n) is 4.14. The van der Waals surface area contributed by atoms with Crippen molar-refractivity contribution < 1.29 is 14.3 Å². The summed E-state index contributed by atoms with van der Waals surface area (Å²) in [5, 5.41) is 3.35. The van der Waals surface area contributed by atoms with Gasteiger partial charge in [0.25, 0.3) is 0 Å². The van der Waals surface area contributed by atoms with Crippen LogP contribution in [-0.2, 0) is 9.53 Å². The van der Waals surface area contributed by atoms with E-state index in [9.17, 15) is 9.59 Å². The number of piperazine rings is 1. The topological polar surface area (TPSA) is 61.9 Å². The van der Waals surface area contributed by atoms with Crippen molar-refractivity contribution >= 4 is 12.0 Å². The van der Waals surface area contributed by atoms with Crippen LogP contribution in [0.1, 0.15) is 64.8 Å². The van der Waals surface area contributed by atoms with Gasteiger partial charge in [-0.1, -0.05) is 81.4 Å². The van der Waals surface area contributed by atoms with Gasteiger partial charge in [-0.15, -0.1) is 0 Å². The number of benzene rings is 2. The van der Waals surface area contributed by atoms with Gasteiger partial charge < -0.3 is 15.0 Å². The van der Waals surface area contributed by atoms with Crippen LogP contribution in [0, 0.1) is 5.41 Å². The maximum absolute atomic E-state index is 13.1. The number of ether oxygens (including phenoxy) is 1. The van der Waals surface area contributed by atoms with Crippen molar-refractivity contribution in [1.29, 1.82) is 0 Å². The first kappa shape index (κ1) is 25.8. The first-order valence-electron chi connectivity index (χ1n) is 12.1. The summed E-state index contributed by atoms with van der Waals surface area (Å²) in [6.07, 6.45) is -0.274. The molecule has 2 atom stereocenters. The molecule has 2 amide bonds. The smallest absolute Gasteiger partial charge is 0.410 e. The molecule has 1 N–H and O–H groups in total. The van der Waals surface area contributed by atoms with Crippen LogP contribution in [0.4, 0.5) is 4.79 Å². The Bertz CT molecular complexity index is 940. The third-order valence-corrected chi connectivity index (χ3v) is 5.94. The van der Waals surface area contributed by atoms with Gasteiger partial charge in [-0.05, 0) is 31.9 Å². The standard InChI is InChI=1S/C28H39N3O3/c1-27(2,3)25(32)29-23(21-13-9-7-10-14-21)24(22-15-11-8-12-16-22)30-17-19-31(20-18-30)26(33)34-28(4,5)6/h7-16,23-24H,17-20H2,1-6H3,(H,29,32)/t23-,24+/m1/s1. The Morgan fingerprint density at radius 2 is 1.29 bits per heavy atom. The highest BCUT2D eigenvalue weighted by atomic mass is 16.6. The van der Waals surface area contributed by atoms with Crippen LogP contribution in [0.25, 0.3) is 0 Å². The number of nitrogens with zero attached hydrogens (tertiary/aromatic N) is 2. The Morgan fingerprint density at radius 3 is 1.76 bits per heavy atom. The summed E-state index contributed by atoms with van der Waals surface area (Å²) < 4.78 is 5.58. The highest BCUT2D eigenvalue weighted by molar-refractivity contribution is 5.81. The molecule has 1 aliphatic rings. The monoisotopic (exact) mass is 465 g/mol. The van der Waals surface area contributed by atoms with E-state index < -0.39 is 11.0 Å². The first-order valence-corrected chi connectivity index (χ1v) is 12.1. The van der Waals surface area contributed by atoms with Gasteiger partial charge in [0.05, 0.1) is 12.1 Å². The summed E-state index contributed by atoms with van der Waals surface area (Å²) >= 11 is 0. The molecule has 1 heterocycles. The lowest BCUT2D eigenvalue weighted by atomic mass is 9.89. The molecule has 2 aromatic carbocycles. The fourth-order valence-corrected chi connectivity index (χ4v) is 4.14. The highest BCUT2D eigenvalue weighted by Crippen LogP contribution is 2.36. The van der Waals surface area contributed by atoms with E-state index >= 15 is 0 Å². The zero-order valence-corrected chi connectivity index (χ0v) is 21.4. The number of carbonyl (C=O) groups excluding carboxylic acids is 2. The molecule has 184 valence electrons. The Kier molecular flexibility index (Phi) is 8.03. The molecule has 0 unspecified atom stereocenters. The molecule has 0 bridgehead atoms. The van der Waals surface area contributed by atoms with E-state index in [4.69, 9.17) is 4.74 Å². The maximum Gasteiger partial charge on any atom is 0.410 e. The molecule has 0 radical (unpaired) electrons. The lowest BCUT2D eigenvalue weighted by molar-refractivity contribution is -0.130. The predicted molar refractivity (Wildman–Crippen MR) is 135 cm³/mol. The van der Waals surface area contributed by atoms with Crippen molar-refractivity contribution in [2.24, 2.45) is 5.41 Å². The van der Waals surface area contributed by atoms with Crippen LogP contribution in [-0.4, -0.2) is 53.6 Å². The van der Waals surface area contributed by atoms with Crippen molar-refractivity contribution in [1.82, 2.24) is 15.1 Å². The maximum atomic E-state index is 13.1. The van der Waals surface area contributed by atoms with E-state index in [2.05, 4.69) is 34.5 Å². The Hall–Kier alpha value is -2.86. The minimum atomic E-state index is -0.517. The van der Waals surface area contributed by atoms with Gasteiger partial charge in [0.15, 0.2) is 0 Å². The second kappa shape index (κ2) is 10.6. The van der Waals surface area contributed by atoms with Crippen LogP contribution >= 0.6 is 0 Å². The van der Waals surface area contributed by atoms with Gasteiger partial charge in [0.2, 0.25) is 5.91 Å². The molecular formula is C28H39N3O3. The summed E-state index contributed by atoms with van der Waals surface area (Å²) in [5.74, 6) is 0.00896. The van der Waals surface area contributed by atoms with Crippen LogP contribution in [0.3, 0.4) is 0 Å². The molecule has 0 aromatic heterocycles. The van der Waals surface area contributed by atoms with Gasteiger partial charge in [0, 0.05) is 31.6 Å². The first-order chi connectivity index (χ1) is 16.0. The fraction of sp³-hybridized carbons (Fsp3) is 0.500. The lowest BCUT2D eigenvalue weighted by Crippen LogP contribution is -2.53. The summed E-state index contributed by atoms with van der Waals surface area (Å²) in [6.45, 7) is 14.0. The van der Waals surface area contributed by atoms with Crippen molar-refractivity contribution in [2.45, 2.75) is 59.2 Å². The average molecular weight is 466 g/mol. The van der Waals surface area contributed by atoms with Crippen LogP contribution < -0.4 is 5.32 Å². The number of hydrogen-bond donors (Lipinski definition) is 1. The molecule has 1 aliphatic heterocycles. The molecule has 34 heavy (non-hydrogen) atoms. The van der Waals surface area contributed by atoms with E-state index in [1.54, 1.807) is 4.90 Å². The van der Waals surface area contributed by atoms with Crippen molar-refractivity contribution in [3.63, 3.8) is 0 Å². The lowest BCUT2D eigenvalue weighted by Gasteiger charge is -2.43. The molecule has 1 saturated heterocycles. The van der Waals surface area contributed by atoms with Crippen molar-refractivity contribution in [3.8, 4) is 0 Å². The van der Waals surface area contributed by atoms with Gasteiger partial charge in [-0.25, -0.2) is 4.79 Å². The van der Waals surface area contributed by atoms with E-state index in [0.29, 0.717) is 26.2 Å². The second-order valence-electron chi connectivity index (χ2n) is 11.0. The second-order valence-corrected chi connectivity index (χ2v) is 11.0. The third-order valence-electron chi connectivity index (χ3n) is 5.94. The Morgan fingerprint density at radius 1 is 0.794 bits per heavy atom. The molecule has 0 aliphatic carbocycles. The Balaban J connectivity index is 1.90. The molecule has 1 fully saturated rings. The van der Waals surface area contributed by atoms with E-state index in [1.807, 2.05) is 77.9 Å². The van der Waals surface area contributed by atoms with Crippen LogP contribution in [0.2, 0.25) is 0 Å². The number of nitrogens with one attached hydrogen (secondary N) is 1. The number of carbonyl (C=O) groups is 2. The van der Waals surface area contributed by atoms with Crippen molar-refractivity contribution in [2.75, 3.05) is 26.2 Å². The molecule has 6 nitrogen and oxygen atoms in total. The van der Waals surface area contributed by atoms with Gasteiger partial charge in [-0.2, -0.15) is 0 Å². The van der Waals surface area contributed by atoms with Crippen LogP contribution in [0.5, 0.6) is 0 Å². The summed E-state index contributed by atoms with van der Waals surface area (Å²) in [6, 6.07) is 20.1. The predicted octanol–water partition coefficient (Wildman–Crippen LogP) is 5.18. The normalized spacial score (nSPS) is 17.1. The summed E-state index contributed by atoms with van der Waals surface area (Å²) in [7, 11) is 0. The average Bonchev–Trinajstić information content (AvgIpc) is 2.78.